The van der Waals surface area contributed by atoms with Crippen molar-refractivity contribution in [3.63, 3.8) is 0 Å². The molecule has 0 rings (SSSR count). The molecule has 6 atom stereocenters. The van der Waals surface area contributed by atoms with Crippen LogP contribution in [0.1, 0.15) is 329 Å². The van der Waals surface area contributed by atoms with Gasteiger partial charge in [0.25, 0.3) is 0 Å². The van der Waals surface area contributed by atoms with Crippen LogP contribution in [0.4, 0.5) is 0 Å². The second-order valence-corrected chi connectivity index (χ2v) is 36.2. The Morgan fingerprint density at radius 1 is 0.152 bits per heavy atom. The largest absolute Gasteiger partial charge is 0.0620 e. The van der Waals surface area contributed by atoms with E-state index >= 15 is 0 Å². The molecule has 0 heteroatoms. The van der Waals surface area contributed by atoms with E-state index in [4.69, 9.17) is 0 Å². The Morgan fingerprint density at radius 3 is 0.227 bits per heavy atom. The molecule has 66 heavy (non-hydrogen) atoms. The summed E-state index contributed by atoms with van der Waals surface area (Å²) in [6.07, 6.45) is 7.90. The Morgan fingerprint density at radius 2 is 0.212 bits per heavy atom. The third-order valence-electron chi connectivity index (χ3n) is 14.4. The average Bonchev–Trinajstić information content (AvgIpc) is 2.91. The lowest BCUT2D eigenvalue weighted by Crippen LogP contribution is -2.22. The molecule has 0 saturated heterocycles. The zero-order valence-corrected chi connectivity index (χ0v) is 55.7. The van der Waals surface area contributed by atoms with Crippen LogP contribution in [0.3, 0.4) is 0 Å². The monoisotopic (exact) mass is 937 g/mol. The fraction of sp³-hybridized carbons (Fsp3) is 1.00. The normalized spacial score (nSPS) is 16.6. The smallest absolute Gasteiger partial charge is 0.0357 e. The van der Waals surface area contributed by atoms with Gasteiger partial charge in [-0.2, -0.15) is 0 Å². The summed E-state index contributed by atoms with van der Waals surface area (Å²) in [5, 5.41) is 0. The van der Waals surface area contributed by atoms with Crippen molar-refractivity contribution in [3.8, 4) is 0 Å². The minimum atomic E-state index is 0.466. The summed E-state index contributed by atoms with van der Waals surface area (Å²) in [7, 11) is 0. The molecule has 0 spiro atoms. The van der Waals surface area contributed by atoms with Gasteiger partial charge >= 0.3 is 0 Å². The van der Waals surface area contributed by atoms with Gasteiger partial charge in [0.15, 0.2) is 0 Å². The first-order valence-electron chi connectivity index (χ1n) is 27.8. The molecule has 0 aromatic carbocycles. The number of hydrogen-bond acceptors (Lipinski definition) is 0. The van der Waals surface area contributed by atoms with Gasteiger partial charge < -0.3 is 0 Å². The van der Waals surface area contributed by atoms with Crippen molar-refractivity contribution in [1.29, 1.82) is 0 Å². The zero-order chi connectivity index (χ0) is 55.7. The van der Waals surface area contributed by atoms with E-state index in [2.05, 4.69) is 291 Å². The molecule has 2 unspecified atom stereocenters. The lowest BCUT2D eigenvalue weighted by atomic mass is 9.73. The quantitative estimate of drug-likeness (QED) is 0.249. The van der Waals surface area contributed by atoms with E-state index in [1.807, 2.05) is 0 Å². The minimum absolute atomic E-state index is 0.466. The van der Waals surface area contributed by atoms with Gasteiger partial charge in [0.05, 0.1) is 0 Å². The topological polar surface area (TPSA) is 0 Å². The summed E-state index contributed by atoms with van der Waals surface area (Å²) in [5.74, 6) is 4.85. The number of rotatable bonds is 6. The molecule has 0 aliphatic heterocycles. The molecule has 0 N–H and O–H groups in total. The van der Waals surface area contributed by atoms with Crippen LogP contribution >= 0.6 is 0 Å². The standard InChI is InChI=1S/6C11H24/c6*1-9(11(5,6)7)8-10(2,3)4/h6*9H,8H2,1-7H3/t4*9-;;/m1100../s1. The molecule has 0 saturated carbocycles. The molecule has 0 aromatic rings. The lowest BCUT2D eigenvalue weighted by Gasteiger charge is -2.32. The second kappa shape index (κ2) is 28.9. The van der Waals surface area contributed by atoms with E-state index in [1.54, 1.807) is 0 Å². The van der Waals surface area contributed by atoms with Gasteiger partial charge in [-0.25, -0.2) is 0 Å². The van der Waals surface area contributed by atoms with Gasteiger partial charge in [-0.1, -0.05) is 291 Å². The second-order valence-electron chi connectivity index (χ2n) is 36.2. The lowest BCUT2D eigenvalue weighted by molar-refractivity contribution is 0.182. The molecular formula is C66H144. The van der Waals surface area contributed by atoms with Crippen LogP contribution in [-0.2, 0) is 0 Å². The molecule has 0 aliphatic rings. The molecule has 408 valence electrons. The molecule has 0 fully saturated rings. The molecule has 0 amide bonds. The van der Waals surface area contributed by atoms with Crippen LogP contribution in [0.15, 0.2) is 0 Å². The maximum atomic E-state index is 2.35. The van der Waals surface area contributed by atoms with Crippen molar-refractivity contribution < 1.29 is 0 Å². The van der Waals surface area contributed by atoms with Crippen molar-refractivity contribution in [3.05, 3.63) is 0 Å². The maximum Gasteiger partial charge on any atom is -0.0357 e. The van der Waals surface area contributed by atoms with Crippen molar-refractivity contribution in [2.75, 3.05) is 0 Å². The highest BCUT2D eigenvalue weighted by atomic mass is 14.3. The van der Waals surface area contributed by atoms with Crippen LogP contribution < -0.4 is 0 Å². The van der Waals surface area contributed by atoms with Gasteiger partial charge in [-0.05, 0) is 139 Å². The molecule has 0 aromatic heterocycles. The van der Waals surface area contributed by atoms with E-state index in [0.717, 1.165) is 35.5 Å². The van der Waals surface area contributed by atoms with Gasteiger partial charge in [0, 0.05) is 0 Å². The average molecular weight is 938 g/mol. The van der Waals surface area contributed by atoms with Crippen LogP contribution in [0.2, 0.25) is 0 Å². The van der Waals surface area contributed by atoms with Gasteiger partial charge in [-0.3, -0.25) is 0 Å². The highest BCUT2D eigenvalue weighted by Crippen LogP contribution is 2.39. The van der Waals surface area contributed by atoms with Crippen molar-refractivity contribution >= 4 is 0 Å². The van der Waals surface area contributed by atoms with Crippen LogP contribution in [-0.4, -0.2) is 0 Å². The summed E-state index contributed by atoms with van der Waals surface area (Å²) >= 11 is 0. The highest BCUT2D eigenvalue weighted by molar-refractivity contribution is 4.79. The van der Waals surface area contributed by atoms with E-state index in [-0.39, 0.29) is 0 Å². The molecular weight excluding hydrogens is 793 g/mol. The fourth-order valence-corrected chi connectivity index (χ4v) is 7.35. The molecule has 0 radical (unpaired) electrons. The Kier molecular flexibility index (Phi) is 33.9. The molecule has 0 heterocycles. The van der Waals surface area contributed by atoms with Crippen LogP contribution in [0.25, 0.3) is 0 Å². The summed E-state index contributed by atoms with van der Waals surface area (Å²) in [5.41, 5.74) is 5.67. The van der Waals surface area contributed by atoms with Crippen LogP contribution in [0.5, 0.6) is 0 Å². The van der Waals surface area contributed by atoms with Crippen molar-refractivity contribution in [2.45, 2.75) is 329 Å². The highest BCUT2D eigenvalue weighted by Gasteiger charge is 2.29. The predicted octanol–water partition coefficient (Wildman–Crippen LogP) is 24.6. The maximum absolute atomic E-state index is 2.35. The first kappa shape index (κ1) is 77.5. The van der Waals surface area contributed by atoms with Crippen molar-refractivity contribution in [2.24, 2.45) is 100 Å². The van der Waals surface area contributed by atoms with Gasteiger partial charge in [0.2, 0.25) is 0 Å². The Hall–Kier alpha value is 0. The van der Waals surface area contributed by atoms with Gasteiger partial charge in [-0.15, -0.1) is 0 Å². The van der Waals surface area contributed by atoms with E-state index in [9.17, 15) is 0 Å². The Balaban J connectivity index is -0.000000164. The minimum Gasteiger partial charge on any atom is -0.0620 e. The van der Waals surface area contributed by atoms with Crippen LogP contribution in [0, 0.1) is 100 Å². The van der Waals surface area contributed by atoms with E-state index in [0.29, 0.717) is 65.0 Å². The third kappa shape index (κ3) is 58.3. The zero-order valence-electron chi connectivity index (χ0n) is 55.7. The van der Waals surface area contributed by atoms with E-state index in [1.165, 1.54) is 38.5 Å². The Bertz CT molecular complexity index is 902. The SMILES string of the molecule is CC(CC(C)(C)C)C(C)(C)C.CC(CC(C)(C)C)C(C)(C)C.C[C@@H](CC(C)(C)C)C(C)(C)C.C[C@@H](CC(C)(C)C)C(C)(C)C.C[C@H](CC(C)(C)C)C(C)(C)C.C[C@H](CC(C)(C)C)C(C)(C)C. The summed E-state index contributed by atoms with van der Waals surface area (Å²) in [6, 6.07) is 0. The molecule has 0 nitrogen and oxygen atoms in total. The molecule has 0 aliphatic carbocycles. The molecule has 0 bridgehead atoms. The Labute approximate surface area is 427 Å². The first-order valence-corrected chi connectivity index (χ1v) is 27.8. The number of hydrogen-bond donors (Lipinski definition) is 0. The first-order chi connectivity index (χ1) is 27.8. The predicted molar refractivity (Wildman–Crippen MR) is 316 cm³/mol. The van der Waals surface area contributed by atoms with Crippen molar-refractivity contribution in [1.82, 2.24) is 0 Å². The summed E-state index contributed by atoms with van der Waals surface area (Å²) in [6.45, 7) is 97.6. The summed E-state index contributed by atoms with van der Waals surface area (Å²) < 4.78 is 0. The third-order valence-corrected chi connectivity index (χ3v) is 14.4. The van der Waals surface area contributed by atoms with Gasteiger partial charge in [0.1, 0.15) is 0 Å². The fourth-order valence-electron chi connectivity index (χ4n) is 7.35. The van der Waals surface area contributed by atoms with E-state index < -0.39 is 0 Å². The summed E-state index contributed by atoms with van der Waals surface area (Å²) in [4.78, 5) is 0.